The van der Waals surface area contributed by atoms with E-state index in [1.165, 1.54) is 0 Å². The number of nitrogens with zero attached hydrogens (tertiary/aromatic N) is 1. The van der Waals surface area contributed by atoms with E-state index in [-0.39, 0.29) is 0 Å². The summed E-state index contributed by atoms with van der Waals surface area (Å²) >= 11 is 5.92. The molecule has 0 aliphatic carbocycles. The summed E-state index contributed by atoms with van der Waals surface area (Å²) in [4.78, 5) is 4.21. The molecular weight excluding hydrogens is 278 g/mol. The molecular formula is C15H16ClNO3. The number of ether oxygens (including phenoxy) is 3. The van der Waals surface area contributed by atoms with E-state index < -0.39 is 0 Å². The molecule has 1 aromatic heterocycles. The summed E-state index contributed by atoms with van der Waals surface area (Å²) in [6.07, 6.45) is 1.71. The van der Waals surface area contributed by atoms with Crippen molar-refractivity contribution in [3.63, 3.8) is 0 Å². The number of rotatable bonds is 5. The van der Waals surface area contributed by atoms with Crippen LogP contribution in [0.1, 0.15) is 11.3 Å². The number of halogens is 1. The first-order valence-corrected chi connectivity index (χ1v) is 6.63. The molecule has 0 amide bonds. The molecule has 0 saturated carbocycles. The van der Waals surface area contributed by atoms with E-state index in [0.29, 0.717) is 28.9 Å². The fourth-order valence-electron chi connectivity index (χ4n) is 1.79. The Balaban J connectivity index is 2.46. The van der Waals surface area contributed by atoms with Crippen molar-refractivity contribution in [3.8, 4) is 23.0 Å². The van der Waals surface area contributed by atoms with Crippen LogP contribution in [-0.2, 0) is 5.88 Å². The number of hydrogen-bond donors (Lipinski definition) is 0. The Morgan fingerprint density at radius 2 is 1.75 bits per heavy atom. The van der Waals surface area contributed by atoms with Crippen LogP contribution in [0.2, 0.25) is 0 Å². The Hall–Kier alpha value is -1.94. The molecule has 2 rings (SSSR count). The zero-order chi connectivity index (χ0) is 14.5. The van der Waals surface area contributed by atoms with Gasteiger partial charge in [-0.2, -0.15) is 0 Å². The number of para-hydroxylation sites is 1. The van der Waals surface area contributed by atoms with Gasteiger partial charge >= 0.3 is 0 Å². The molecule has 106 valence electrons. The van der Waals surface area contributed by atoms with Gasteiger partial charge in [-0.1, -0.05) is 6.07 Å². The summed E-state index contributed by atoms with van der Waals surface area (Å²) in [5, 5.41) is 0. The summed E-state index contributed by atoms with van der Waals surface area (Å²) in [7, 11) is 3.17. The van der Waals surface area contributed by atoms with Crippen LogP contribution in [0.4, 0.5) is 0 Å². The van der Waals surface area contributed by atoms with E-state index in [1.807, 2.05) is 31.2 Å². The van der Waals surface area contributed by atoms with E-state index in [9.17, 15) is 0 Å². The second-order valence-electron chi connectivity index (χ2n) is 4.16. The van der Waals surface area contributed by atoms with Crippen LogP contribution in [0.25, 0.3) is 0 Å². The van der Waals surface area contributed by atoms with Crippen LogP contribution in [0, 0.1) is 6.92 Å². The molecule has 2 aromatic rings. The molecule has 0 aliphatic heterocycles. The van der Waals surface area contributed by atoms with Crippen LogP contribution >= 0.6 is 11.6 Å². The standard InChI is InChI=1S/C15H16ClNO3/c1-10-7-14(11(8-16)9-17-10)20-15-12(18-2)5-4-6-13(15)19-3/h4-7,9H,8H2,1-3H3. The number of methoxy groups -OCH3 is 2. The van der Waals surface area contributed by atoms with Gasteiger partial charge in [-0.25, -0.2) is 0 Å². The third-order valence-electron chi connectivity index (χ3n) is 2.82. The van der Waals surface area contributed by atoms with Crippen molar-refractivity contribution in [3.05, 3.63) is 41.7 Å². The Morgan fingerprint density at radius 1 is 1.10 bits per heavy atom. The smallest absolute Gasteiger partial charge is 0.211 e. The average molecular weight is 294 g/mol. The molecule has 0 aliphatic rings. The summed E-state index contributed by atoms with van der Waals surface area (Å²) in [6, 6.07) is 7.30. The molecule has 20 heavy (non-hydrogen) atoms. The van der Waals surface area contributed by atoms with Crippen molar-refractivity contribution in [1.82, 2.24) is 4.98 Å². The van der Waals surface area contributed by atoms with Gasteiger partial charge in [0, 0.05) is 23.5 Å². The highest BCUT2D eigenvalue weighted by molar-refractivity contribution is 6.17. The van der Waals surface area contributed by atoms with Crippen molar-refractivity contribution < 1.29 is 14.2 Å². The van der Waals surface area contributed by atoms with Crippen LogP contribution in [0.3, 0.4) is 0 Å². The summed E-state index contributed by atoms with van der Waals surface area (Å²) in [6.45, 7) is 1.89. The predicted octanol–water partition coefficient (Wildman–Crippen LogP) is 3.94. The lowest BCUT2D eigenvalue weighted by Crippen LogP contribution is -1.97. The van der Waals surface area contributed by atoms with Gasteiger partial charge in [-0.05, 0) is 19.1 Å². The maximum Gasteiger partial charge on any atom is 0.211 e. The van der Waals surface area contributed by atoms with Gasteiger partial charge < -0.3 is 14.2 Å². The number of hydrogen-bond acceptors (Lipinski definition) is 4. The van der Waals surface area contributed by atoms with Crippen LogP contribution in [0.5, 0.6) is 23.0 Å². The summed E-state index contributed by atoms with van der Waals surface area (Å²) < 4.78 is 16.6. The monoisotopic (exact) mass is 293 g/mol. The van der Waals surface area contributed by atoms with Crippen molar-refractivity contribution >= 4 is 11.6 Å². The van der Waals surface area contributed by atoms with Gasteiger partial charge in [0.25, 0.3) is 0 Å². The highest BCUT2D eigenvalue weighted by Gasteiger charge is 2.14. The SMILES string of the molecule is COc1cccc(OC)c1Oc1cc(C)ncc1CCl. The van der Waals surface area contributed by atoms with E-state index in [4.69, 9.17) is 25.8 Å². The maximum absolute atomic E-state index is 5.95. The molecule has 5 heteroatoms. The highest BCUT2D eigenvalue weighted by Crippen LogP contribution is 2.40. The van der Waals surface area contributed by atoms with Gasteiger partial charge in [0.05, 0.1) is 20.1 Å². The highest BCUT2D eigenvalue weighted by atomic mass is 35.5. The Bertz CT molecular complexity index is 579. The fourth-order valence-corrected chi connectivity index (χ4v) is 1.99. The van der Waals surface area contributed by atoms with E-state index in [2.05, 4.69) is 4.98 Å². The van der Waals surface area contributed by atoms with Gasteiger partial charge in [-0.15, -0.1) is 11.6 Å². The van der Waals surface area contributed by atoms with Gasteiger partial charge in [0.1, 0.15) is 5.75 Å². The zero-order valence-electron chi connectivity index (χ0n) is 11.6. The first-order chi connectivity index (χ1) is 9.69. The molecule has 0 spiro atoms. The Morgan fingerprint density at radius 3 is 2.30 bits per heavy atom. The van der Waals surface area contributed by atoms with Gasteiger partial charge in [-0.3, -0.25) is 4.98 Å². The van der Waals surface area contributed by atoms with E-state index in [0.717, 1.165) is 11.3 Å². The normalized spacial score (nSPS) is 10.2. The molecule has 1 heterocycles. The average Bonchev–Trinajstić information content (AvgIpc) is 2.47. The first-order valence-electron chi connectivity index (χ1n) is 6.10. The lowest BCUT2D eigenvalue weighted by Gasteiger charge is -2.15. The predicted molar refractivity (Wildman–Crippen MR) is 78.2 cm³/mol. The second-order valence-corrected chi connectivity index (χ2v) is 4.43. The maximum atomic E-state index is 5.95. The molecule has 1 aromatic carbocycles. The second kappa shape index (κ2) is 6.48. The summed E-state index contributed by atoms with van der Waals surface area (Å²) in [5.41, 5.74) is 1.66. The molecule has 0 radical (unpaired) electrons. The number of alkyl halides is 1. The van der Waals surface area contributed by atoms with Gasteiger partial charge in [0.15, 0.2) is 11.5 Å². The first kappa shape index (κ1) is 14.5. The fraction of sp³-hybridized carbons (Fsp3) is 0.267. The lowest BCUT2D eigenvalue weighted by molar-refractivity contribution is 0.345. The van der Waals surface area contributed by atoms with Crippen molar-refractivity contribution in [2.24, 2.45) is 0 Å². The number of aryl methyl sites for hydroxylation is 1. The minimum atomic E-state index is 0.320. The topological polar surface area (TPSA) is 40.6 Å². The molecule has 0 unspecified atom stereocenters. The van der Waals surface area contributed by atoms with Crippen LogP contribution < -0.4 is 14.2 Å². The van der Waals surface area contributed by atoms with Crippen molar-refractivity contribution in [2.75, 3.05) is 14.2 Å². The molecule has 0 saturated heterocycles. The molecule has 4 nitrogen and oxygen atoms in total. The van der Waals surface area contributed by atoms with Crippen molar-refractivity contribution in [2.45, 2.75) is 12.8 Å². The number of benzene rings is 1. The third-order valence-corrected chi connectivity index (χ3v) is 3.11. The molecule has 0 N–H and O–H groups in total. The zero-order valence-corrected chi connectivity index (χ0v) is 12.4. The largest absolute Gasteiger partial charge is 0.493 e. The minimum Gasteiger partial charge on any atom is -0.493 e. The third kappa shape index (κ3) is 2.96. The molecule has 0 atom stereocenters. The quantitative estimate of drug-likeness (QED) is 0.783. The van der Waals surface area contributed by atoms with Crippen LogP contribution in [0.15, 0.2) is 30.5 Å². The van der Waals surface area contributed by atoms with Crippen molar-refractivity contribution in [1.29, 1.82) is 0 Å². The number of pyridine rings is 1. The minimum absolute atomic E-state index is 0.320. The summed E-state index contributed by atoms with van der Waals surface area (Å²) in [5.74, 6) is 2.68. The van der Waals surface area contributed by atoms with E-state index in [1.54, 1.807) is 20.4 Å². The van der Waals surface area contributed by atoms with Crippen LogP contribution in [-0.4, -0.2) is 19.2 Å². The molecule has 0 bridgehead atoms. The number of aromatic nitrogens is 1. The lowest BCUT2D eigenvalue weighted by atomic mass is 10.2. The van der Waals surface area contributed by atoms with Gasteiger partial charge in [0.2, 0.25) is 5.75 Å². The van der Waals surface area contributed by atoms with E-state index >= 15 is 0 Å². The Kier molecular flexibility index (Phi) is 4.69. The molecule has 0 fully saturated rings. The Labute approximate surface area is 123 Å².